The molecule has 4 nitrogen and oxygen atoms in total. The molecule has 0 aromatic carbocycles. The van der Waals surface area contributed by atoms with Gasteiger partial charge in [0.1, 0.15) is 5.75 Å². The highest BCUT2D eigenvalue weighted by Crippen LogP contribution is 2.29. The van der Waals surface area contributed by atoms with Gasteiger partial charge >= 0.3 is 0 Å². The van der Waals surface area contributed by atoms with Gasteiger partial charge in [0.15, 0.2) is 0 Å². The predicted octanol–water partition coefficient (Wildman–Crippen LogP) is 2.82. The van der Waals surface area contributed by atoms with Gasteiger partial charge < -0.3 is 4.74 Å². The van der Waals surface area contributed by atoms with Gasteiger partial charge in [0, 0.05) is 39.2 Å². The second kappa shape index (κ2) is 6.35. The number of rotatable bonds is 5. The van der Waals surface area contributed by atoms with Crippen LogP contribution in [0.2, 0.25) is 0 Å². The third-order valence-corrected chi connectivity index (χ3v) is 4.57. The molecule has 108 valence electrons. The van der Waals surface area contributed by atoms with E-state index >= 15 is 0 Å². The van der Waals surface area contributed by atoms with Crippen LogP contribution in [0.15, 0.2) is 18.3 Å². The second-order valence-electron chi connectivity index (χ2n) is 4.92. The third kappa shape index (κ3) is 3.00. The normalized spacial score (nSPS) is 12.4. The van der Waals surface area contributed by atoms with E-state index in [1.807, 2.05) is 20.0 Å². The van der Waals surface area contributed by atoms with Gasteiger partial charge in [-0.05, 0) is 32.9 Å². The van der Waals surface area contributed by atoms with Crippen LogP contribution in [0, 0.1) is 20.8 Å². The first kappa shape index (κ1) is 15.0. The Bertz CT molecular complexity index is 595. The van der Waals surface area contributed by atoms with Crippen LogP contribution in [-0.4, -0.2) is 12.1 Å². The molecule has 0 bridgehead atoms. The SMILES string of the molecule is COc1c(C)cnc(CC(NN)c2ccc(C)s2)c1C. The summed E-state index contributed by atoms with van der Waals surface area (Å²) in [6.45, 7) is 6.14. The minimum Gasteiger partial charge on any atom is -0.496 e. The second-order valence-corrected chi connectivity index (χ2v) is 6.24. The lowest BCUT2D eigenvalue weighted by molar-refractivity contribution is 0.406. The van der Waals surface area contributed by atoms with E-state index in [0.717, 1.165) is 29.0 Å². The molecule has 1 unspecified atom stereocenters. The molecule has 20 heavy (non-hydrogen) atoms. The van der Waals surface area contributed by atoms with E-state index in [0.29, 0.717) is 0 Å². The first-order chi connectivity index (χ1) is 9.56. The van der Waals surface area contributed by atoms with Gasteiger partial charge in [-0.2, -0.15) is 0 Å². The summed E-state index contributed by atoms with van der Waals surface area (Å²) in [5.41, 5.74) is 6.04. The molecule has 2 aromatic rings. The van der Waals surface area contributed by atoms with Crippen LogP contribution in [0.1, 0.15) is 32.6 Å². The van der Waals surface area contributed by atoms with Gasteiger partial charge in [-0.15, -0.1) is 11.3 Å². The van der Waals surface area contributed by atoms with Crippen LogP contribution < -0.4 is 16.0 Å². The number of pyridine rings is 1. The van der Waals surface area contributed by atoms with Crippen LogP contribution in [0.25, 0.3) is 0 Å². The maximum absolute atomic E-state index is 5.71. The Balaban J connectivity index is 2.28. The van der Waals surface area contributed by atoms with Crippen molar-refractivity contribution >= 4 is 11.3 Å². The van der Waals surface area contributed by atoms with Crippen LogP contribution in [0.5, 0.6) is 5.75 Å². The number of nitrogens with zero attached hydrogens (tertiary/aromatic N) is 1. The van der Waals surface area contributed by atoms with Crippen molar-refractivity contribution < 1.29 is 4.74 Å². The Morgan fingerprint density at radius 1 is 1.35 bits per heavy atom. The molecule has 0 aliphatic carbocycles. The van der Waals surface area contributed by atoms with Crippen molar-refractivity contribution in [2.24, 2.45) is 5.84 Å². The zero-order valence-electron chi connectivity index (χ0n) is 12.4. The fourth-order valence-corrected chi connectivity index (χ4v) is 3.29. The van der Waals surface area contributed by atoms with E-state index in [9.17, 15) is 0 Å². The molecule has 0 fully saturated rings. The van der Waals surface area contributed by atoms with Crippen molar-refractivity contribution in [2.45, 2.75) is 33.2 Å². The molecule has 0 aliphatic heterocycles. The standard InChI is InChI=1S/C15H21N3OS/c1-9-8-17-12(11(3)15(9)19-4)7-13(18-16)14-6-5-10(2)20-14/h5-6,8,13,18H,7,16H2,1-4H3. The van der Waals surface area contributed by atoms with Crippen LogP contribution in [0.3, 0.4) is 0 Å². The summed E-state index contributed by atoms with van der Waals surface area (Å²) >= 11 is 1.76. The largest absolute Gasteiger partial charge is 0.496 e. The van der Waals surface area contributed by atoms with E-state index in [2.05, 4.69) is 29.5 Å². The van der Waals surface area contributed by atoms with E-state index < -0.39 is 0 Å². The van der Waals surface area contributed by atoms with Crippen molar-refractivity contribution in [2.75, 3.05) is 7.11 Å². The number of hydrogen-bond donors (Lipinski definition) is 2. The molecule has 0 saturated heterocycles. The van der Waals surface area contributed by atoms with Crippen LogP contribution in [0.4, 0.5) is 0 Å². The number of nitrogens with one attached hydrogen (secondary N) is 1. The molecular formula is C15H21N3OS. The highest BCUT2D eigenvalue weighted by Gasteiger charge is 2.17. The van der Waals surface area contributed by atoms with E-state index in [4.69, 9.17) is 10.6 Å². The summed E-state index contributed by atoms with van der Waals surface area (Å²) < 4.78 is 5.45. The van der Waals surface area contributed by atoms with Crippen molar-refractivity contribution in [3.8, 4) is 5.75 Å². The lowest BCUT2D eigenvalue weighted by Gasteiger charge is -2.17. The van der Waals surface area contributed by atoms with Gasteiger partial charge in [-0.25, -0.2) is 0 Å². The average molecular weight is 291 g/mol. The fourth-order valence-electron chi connectivity index (χ4n) is 2.35. The summed E-state index contributed by atoms with van der Waals surface area (Å²) in [6.07, 6.45) is 2.60. The molecule has 0 amide bonds. The third-order valence-electron chi connectivity index (χ3n) is 3.45. The maximum atomic E-state index is 5.71. The summed E-state index contributed by atoms with van der Waals surface area (Å²) in [7, 11) is 1.69. The van der Waals surface area contributed by atoms with Crippen molar-refractivity contribution in [3.63, 3.8) is 0 Å². The molecule has 2 heterocycles. The quantitative estimate of drug-likeness (QED) is 0.657. The van der Waals surface area contributed by atoms with E-state index in [1.54, 1.807) is 18.4 Å². The lowest BCUT2D eigenvalue weighted by Crippen LogP contribution is -2.29. The van der Waals surface area contributed by atoms with Gasteiger partial charge in [-0.3, -0.25) is 16.3 Å². The zero-order valence-corrected chi connectivity index (χ0v) is 13.2. The zero-order chi connectivity index (χ0) is 14.7. The first-order valence-corrected chi connectivity index (χ1v) is 7.40. The minimum absolute atomic E-state index is 0.0762. The van der Waals surface area contributed by atoms with Crippen LogP contribution in [-0.2, 0) is 6.42 Å². The summed E-state index contributed by atoms with van der Waals surface area (Å²) in [5, 5.41) is 0. The molecule has 0 saturated carbocycles. The molecule has 2 aromatic heterocycles. The van der Waals surface area contributed by atoms with Gasteiger partial charge in [0.25, 0.3) is 0 Å². The van der Waals surface area contributed by atoms with E-state index in [-0.39, 0.29) is 6.04 Å². The highest BCUT2D eigenvalue weighted by molar-refractivity contribution is 7.12. The molecule has 3 N–H and O–H groups in total. The Hall–Kier alpha value is -1.43. The van der Waals surface area contributed by atoms with Crippen LogP contribution >= 0.6 is 11.3 Å². The molecule has 2 rings (SSSR count). The monoisotopic (exact) mass is 291 g/mol. The number of hydrogen-bond acceptors (Lipinski definition) is 5. The molecule has 0 spiro atoms. The maximum Gasteiger partial charge on any atom is 0.128 e. The molecule has 0 aliphatic rings. The predicted molar refractivity (Wildman–Crippen MR) is 83.1 cm³/mol. The molecule has 0 radical (unpaired) electrons. The fraction of sp³-hybridized carbons (Fsp3) is 0.400. The average Bonchev–Trinajstić information content (AvgIpc) is 2.85. The summed E-state index contributed by atoms with van der Waals surface area (Å²) in [6, 6.07) is 4.30. The summed E-state index contributed by atoms with van der Waals surface area (Å²) in [5.74, 6) is 6.62. The van der Waals surface area contributed by atoms with Crippen molar-refractivity contribution in [1.29, 1.82) is 0 Å². The lowest BCUT2D eigenvalue weighted by atomic mass is 10.0. The molecular weight excluding hydrogens is 270 g/mol. The van der Waals surface area contributed by atoms with E-state index in [1.165, 1.54) is 9.75 Å². The minimum atomic E-state index is 0.0762. The van der Waals surface area contributed by atoms with Gasteiger partial charge in [0.2, 0.25) is 0 Å². The number of thiophene rings is 1. The topological polar surface area (TPSA) is 60.2 Å². The Morgan fingerprint density at radius 3 is 2.65 bits per heavy atom. The Morgan fingerprint density at radius 2 is 2.10 bits per heavy atom. The number of ether oxygens (including phenoxy) is 1. The first-order valence-electron chi connectivity index (χ1n) is 6.58. The number of hydrazine groups is 1. The number of aromatic nitrogens is 1. The van der Waals surface area contributed by atoms with Gasteiger partial charge in [0.05, 0.1) is 13.2 Å². The van der Waals surface area contributed by atoms with Crippen molar-refractivity contribution in [1.82, 2.24) is 10.4 Å². The number of nitrogens with two attached hydrogens (primary N) is 1. The Kier molecular flexibility index (Phi) is 4.75. The molecule has 1 atom stereocenters. The smallest absolute Gasteiger partial charge is 0.128 e. The highest BCUT2D eigenvalue weighted by atomic mass is 32.1. The molecule has 5 heteroatoms. The Labute approximate surface area is 124 Å². The van der Waals surface area contributed by atoms with Gasteiger partial charge in [-0.1, -0.05) is 0 Å². The summed E-state index contributed by atoms with van der Waals surface area (Å²) in [4.78, 5) is 7.05. The number of aryl methyl sites for hydroxylation is 2. The number of methoxy groups -OCH3 is 1. The van der Waals surface area contributed by atoms with Crippen molar-refractivity contribution in [3.05, 3.63) is 44.9 Å².